The van der Waals surface area contributed by atoms with Gasteiger partial charge in [-0.1, -0.05) is 32.9 Å². The van der Waals surface area contributed by atoms with Gasteiger partial charge in [-0.05, 0) is 29.6 Å². The molecule has 2 aliphatic carbocycles. The van der Waals surface area contributed by atoms with E-state index in [4.69, 9.17) is 0 Å². The van der Waals surface area contributed by atoms with Crippen LogP contribution in [-0.4, -0.2) is 11.1 Å². The van der Waals surface area contributed by atoms with Crippen LogP contribution in [0, 0.1) is 29.1 Å². The van der Waals surface area contributed by atoms with E-state index in [2.05, 4.69) is 32.9 Å². The highest BCUT2D eigenvalue weighted by Gasteiger charge is 2.52. The molecule has 0 spiro atoms. The molecule has 1 fully saturated rings. The minimum absolute atomic E-state index is 0.104. The molecule has 0 aromatic carbocycles. The van der Waals surface area contributed by atoms with Gasteiger partial charge < -0.3 is 5.11 Å². The second kappa shape index (κ2) is 2.85. The van der Waals surface area contributed by atoms with Crippen molar-refractivity contribution in [3.8, 4) is 0 Å². The standard InChI is InChI=1S/C12H18O2/c1-12(2,3)10-8-5-4-7(6-8)9(10)11(13)14/h4-5,7-10H,6H2,1-3H3,(H,13,14). The van der Waals surface area contributed by atoms with Gasteiger partial charge in [0.15, 0.2) is 0 Å². The van der Waals surface area contributed by atoms with E-state index in [9.17, 15) is 9.90 Å². The Hall–Kier alpha value is -0.790. The largest absolute Gasteiger partial charge is 0.481 e. The molecular weight excluding hydrogens is 176 g/mol. The molecule has 0 aliphatic heterocycles. The fourth-order valence-corrected chi connectivity index (χ4v) is 3.34. The maximum absolute atomic E-state index is 11.2. The van der Waals surface area contributed by atoms with Gasteiger partial charge in [-0.15, -0.1) is 0 Å². The Labute approximate surface area is 85.0 Å². The predicted molar refractivity (Wildman–Crippen MR) is 54.8 cm³/mol. The summed E-state index contributed by atoms with van der Waals surface area (Å²) in [5.41, 5.74) is 0.104. The Balaban J connectivity index is 2.31. The number of allylic oxidation sites excluding steroid dienone is 2. The average Bonchev–Trinajstić information content (AvgIpc) is 2.58. The first-order chi connectivity index (χ1) is 6.41. The molecule has 2 bridgehead atoms. The normalized spacial score (nSPS) is 40.5. The lowest BCUT2D eigenvalue weighted by Gasteiger charge is -2.36. The maximum Gasteiger partial charge on any atom is 0.307 e. The highest BCUT2D eigenvalue weighted by Crippen LogP contribution is 2.54. The molecule has 2 nitrogen and oxygen atoms in total. The Morgan fingerprint density at radius 1 is 1.29 bits per heavy atom. The van der Waals surface area contributed by atoms with Gasteiger partial charge in [0.05, 0.1) is 5.92 Å². The van der Waals surface area contributed by atoms with Crippen molar-refractivity contribution in [2.24, 2.45) is 29.1 Å². The zero-order valence-electron chi connectivity index (χ0n) is 9.03. The van der Waals surface area contributed by atoms with Crippen molar-refractivity contribution in [3.05, 3.63) is 12.2 Å². The SMILES string of the molecule is CC(C)(C)C1C2C=CC(C2)C1C(=O)O. The van der Waals surface area contributed by atoms with Crippen molar-refractivity contribution in [2.75, 3.05) is 0 Å². The molecule has 0 radical (unpaired) electrons. The number of carbonyl (C=O) groups is 1. The topological polar surface area (TPSA) is 37.3 Å². The van der Waals surface area contributed by atoms with Crippen molar-refractivity contribution in [3.63, 3.8) is 0 Å². The summed E-state index contributed by atoms with van der Waals surface area (Å²) in [4.78, 5) is 11.2. The summed E-state index contributed by atoms with van der Waals surface area (Å²) in [6, 6.07) is 0. The van der Waals surface area contributed by atoms with Gasteiger partial charge in [-0.25, -0.2) is 0 Å². The molecular formula is C12H18O2. The monoisotopic (exact) mass is 194 g/mol. The first-order valence-electron chi connectivity index (χ1n) is 5.32. The molecule has 4 unspecified atom stereocenters. The molecule has 78 valence electrons. The van der Waals surface area contributed by atoms with Gasteiger partial charge in [-0.2, -0.15) is 0 Å². The third kappa shape index (κ3) is 1.28. The van der Waals surface area contributed by atoms with E-state index in [0.717, 1.165) is 6.42 Å². The Bertz CT molecular complexity index is 285. The first-order valence-corrected chi connectivity index (χ1v) is 5.32. The van der Waals surface area contributed by atoms with Gasteiger partial charge in [0.2, 0.25) is 0 Å². The van der Waals surface area contributed by atoms with Crippen molar-refractivity contribution >= 4 is 5.97 Å². The Morgan fingerprint density at radius 3 is 2.29 bits per heavy atom. The molecule has 0 amide bonds. The molecule has 0 aromatic rings. The van der Waals surface area contributed by atoms with Crippen LogP contribution in [0.4, 0.5) is 0 Å². The van der Waals surface area contributed by atoms with E-state index in [1.54, 1.807) is 0 Å². The van der Waals surface area contributed by atoms with Crippen LogP contribution in [0.25, 0.3) is 0 Å². The molecule has 2 heteroatoms. The summed E-state index contributed by atoms with van der Waals surface area (Å²) in [5, 5.41) is 9.24. The number of aliphatic carboxylic acids is 1. The summed E-state index contributed by atoms with van der Waals surface area (Å²) >= 11 is 0. The lowest BCUT2D eigenvalue weighted by molar-refractivity contribution is -0.146. The second-order valence-electron chi connectivity index (χ2n) is 5.70. The molecule has 4 atom stereocenters. The minimum Gasteiger partial charge on any atom is -0.481 e. The molecule has 2 aliphatic rings. The zero-order chi connectivity index (χ0) is 10.5. The highest BCUT2D eigenvalue weighted by molar-refractivity contribution is 5.72. The molecule has 2 rings (SSSR count). The highest BCUT2D eigenvalue weighted by atomic mass is 16.4. The summed E-state index contributed by atoms with van der Waals surface area (Å²) in [6.07, 6.45) is 5.38. The lowest BCUT2D eigenvalue weighted by atomic mass is 9.68. The predicted octanol–water partition coefficient (Wildman–Crippen LogP) is 2.56. The number of fused-ring (bicyclic) bond motifs is 2. The first kappa shape index (κ1) is 9.75. The molecule has 1 saturated carbocycles. The van der Waals surface area contributed by atoms with Crippen LogP contribution < -0.4 is 0 Å². The van der Waals surface area contributed by atoms with Crippen molar-refractivity contribution in [1.82, 2.24) is 0 Å². The van der Waals surface area contributed by atoms with Crippen LogP contribution in [0.3, 0.4) is 0 Å². The average molecular weight is 194 g/mol. The van der Waals surface area contributed by atoms with E-state index in [1.807, 2.05) is 0 Å². The maximum atomic E-state index is 11.2. The van der Waals surface area contributed by atoms with Crippen LogP contribution in [0.15, 0.2) is 12.2 Å². The van der Waals surface area contributed by atoms with E-state index in [0.29, 0.717) is 17.8 Å². The summed E-state index contributed by atoms with van der Waals surface area (Å²) in [6.45, 7) is 6.46. The van der Waals surface area contributed by atoms with Gasteiger partial charge >= 0.3 is 5.97 Å². The van der Waals surface area contributed by atoms with Gasteiger partial charge in [0.1, 0.15) is 0 Å². The van der Waals surface area contributed by atoms with Crippen LogP contribution in [0.5, 0.6) is 0 Å². The van der Waals surface area contributed by atoms with Crippen LogP contribution >= 0.6 is 0 Å². The van der Waals surface area contributed by atoms with Gasteiger partial charge in [-0.3, -0.25) is 4.79 Å². The molecule has 0 heterocycles. The van der Waals surface area contributed by atoms with Crippen LogP contribution in [-0.2, 0) is 4.79 Å². The van der Waals surface area contributed by atoms with Crippen molar-refractivity contribution in [2.45, 2.75) is 27.2 Å². The van der Waals surface area contributed by atoms with Gasteiger partial charge in [0, 0.05) is 0 Å². The molecule has 0 aromatic heterocycles. The molecule has 14 heavy (non-hydrogen) atoms. The van der Waals surface area contributed by atoms with E-state index >= 15 is 0 Å². The number of rotatable bonds is 1. The number of hydrogen-bond donors (Lipinski definition) is 1. The van der Waals surface area contributed by atoms with Crippen molar-refractivity contribution in [1.29, 1.82) is 0 Å². The zero-order valence-corrected chi connectivity index (χ0v) is 9.03. The quantitative estimate of drug-likeness (QED) is 0.651. The number of hydrogen-bond acceptors (Lipinski definition) is 1. The summed E-state index contributed by atoms with van der Waals surface area (Å²) < 4.78 is 0. The number of carboxylic acids is 1. The molecule has 0 saturated heterocycles. The van der Waals surface area contributed by atoms with Gasteiger partial charge in [0.25, 0.3) is 0 Å². The fraction of sp³-hybridized carbons (Fsp3) is 0.750. The van der Waals surface area contributed by atoms with Crippen LogP contribution in [0.1, 0.15) is 27.2 Å². The molecule has 1 N–H and O–H groups in total. The fourth-order valence-electron chi connectivity index (χ4n) is 3.34. The Morgan fingerprint density at radius 2 is 1.86 bits per heavy atom. The third-order valence-corrected chi connectivity index (χ3v) is 3.74. The van der Waals surface area contributed by atoms with Crippen molar-refractivity contribution < 1.29 is 9.90 Å². The summed E-state index contributed by atoms with van der Waals surface area (Å²) in [7, 11) is 0. The van der Waals surface area contributed by atoms with E-state index < -0.39 is 5.97 Å². The Kier molecular flexibility index (Phi) is 1.98. The van der Waals surface area contributed by atoms with E-state index in [1.165, 1.54) is 0 Å². The second-order valence-corrected chi connectivity index (χ2v) is 5.70. The number of carboxylic acid groups (broad SMARTS) is 1. The summed E-state index contributed by atoms with van der Waals surface area (Å²) in [5.74, 6) is 0.351. The van der Waals surface area contributed by atoms with Crippen LogP contribution in [0.2, 0.25) is 0 Å². The minimum atomic E-state index is -0.609. The lowest BCUT2D eigenvalue weighted by Crippen LogP contribution is -2.35. The van der Waals surface area contributed by atoms with E-state index in [-0.39, 0.29) is 11.3 Å². The smallest absolute Gasteiger partial charge is 0.307 e. The third-order valence-electron chi connectivity index (χ3n) is 3.74.